The molecule has 0 heterocycles. The van der Waals surface area contributed by atoms with Gasteiger partial charge in [0.25, 0.3) is 0 Å². The van der Waals surface area contributed by atoms with Crippen molar-refractivity contribution in [3.8, 4) is 0 Å². The predicted octanol–water partition coefficient (Wildman–Crippen LogP) is 3.52. The highest BCUT2D eigenvalue weighted by molar-refractivity contribution is 5.64. The number of amides is 2. The largest absolute Gasteiger partial charge is 0.465 e. The number of carboxylic acid groups (broad SMARTS) is 2. The van der Waals surface area contributed by atoms with Crippen molar-refractivity contribution >= 4 is 12.2 Å². The Hall–Kier alpha value is -1.46. The van der Waals surface area contributed by atoms with Crippen LogP contribution in [0, 0.1) is 16.7 Å². The molecule has 0 spiro atoms. The van der Waals surface area contributed by atoms with Crippen LogP contribution in [0.3, 0.4) is 0 Å². The Kier molecular flexibility index (Phi) is 6.50. The molecule has 4 N–H and O–H groups in total. The van der Waals surface area contributed by atoms with Gasteiger partial charge >= 0.3 is 12.2 Å². The van der Waals surface area contributed by atoms with Crippen molar-refractivity contribution in [2.24, 2.45) is 16.7 Å². The summed E-state index contributed by atoms with van der Waals surface area (Å²) in [5, 5.41) is 22.6. The number of hydrogen-bond donors (Lipinski definition) is 4. The highest BCUT2D eigenvalue weighted by Gasteiger charge is 2.36. The zero-order valence-electron chi connectivity index (χ0n) is 13.9. The highest BCUT2D eigenvalue weighted by Crippen LogP contribution is 2.43. The minimum Gasteiger partial charge on any atom is -0.465 e. The van der Waals surface area contributed by atoms with Gasteiger partial charge in [0.05, 0.1) is 0 Å². The summed E-state index contributed by atoms with van der Waals surface area (Å²) in [4.78, 5) is 21.4. The molecule has 22 heavy (non-hydrogen) atoms. The Morgan fingerprint density at radius 1 is 1.09 bits per heavy atom. The molecule has 1 aliphatic rings. The van der Waals surface area contributed by atoms with Crippen molar-refractivity contribution in [1.29, 1.82) is 0 Å². The molecule has 0 saturated heterocycles. The van der Waals surface area contributed by atoms with Crippen LogP contribution in [0.5, 0.6) is 0 Å². The van der Waals surface area contributed by atoms with E-state index in [1.54, 1.807) is 0 Å². The predicted molar refractivity (Wildman–Crippen MR) is 85.1 cm³/mol. The molecule has 2 amide bonds. The van der Waals surface area contributed by atoms with Crippen molar-refractivity contribution < 1.29 is 19.8 Å². The molecule has 0 unspecified atom stereocenters. The molecule has 1 rings (SSSR count). The minimum absolute atomic E-state index is 0.0192. The summed E-state index contributed by atoms with van der Waals surface area (Å²) in [6.45, 7) is 7.60. The number of nitrogens with one attached hydrogen (secondary N) is 2. The molecule has 1 fully saturated rings. The van der Waals surface area contributed by atoms with E-state index >= 15 is 0 Å². The van der Waals surface area contributed by atoms with Crippen LogP contribution in [0.4, 0.5) is 9.59 Å². The lowest BCUT2D eigenvalue weighted by Crippen LogP contribution is -2.41. The van der Waals surface area contributed by atoms with Crippen LogP contribution in [0.1, 0.15) is 59.3 Å². The molecular weight excluding hydrogens is 284 g/mol. The SMILES string of the molecule is CC(C)(C)CCC1(CNC(=O)O)CCC(CNC(=O)O)CC1. The topological polar surface area (TPSA) is 98.7 Å². The number of carbonyl (C=O) groups is 2. The standard InChI is InChI=1S/C16H30N2O4/c1-15(2,3)8-9-16(11-18-14(21)22)6-4-12(5-7-16)10-17-13(19)20/h12,17-18H,4-11H2,1-3H3,(H,19,20)(H,21,22). The van der Waals surface area contributed by atoms with Crippen LogP contribution in [-0.4, -0.2) is 35.5 Å². The molecule has 1 saturated carbocycles. The maximum atomic E-state index is 10.8. The van der Waals surface area contributed by atoms with Crippen LogP contribution in [0.2, 0.25) is 0 Å². The molecule has 0 aromatic rings. The molecule has 6 nitrogen and oxygen atoms in total. The second-order valence-electron chi connectivity index (χ2n) is 7.85. The van der Waals surface area contributed by atoms with Gasteiger partial charge in [0.15, 0.2) is 0 Å². The number of hydrogen-bond acceptors (Lipinski definition) is 2. The summed E-state index contributed by atoms with van der Waals surface area (Å²) in [6, 6.07) is 0. The number of rotatable bonds is 6. The highest BCUT2D eigenvalue weighted by atomic mass is 16.4. The van der Waals surface area contributed by atoms with Gasteiger partial charge in [-0.2, -0.15) is 0 Å². The summed E-state index contributed by atoms with van der Waals surface area (Å²) >= 11 is 0. The van der Waals surface area contributed by atoms with Crippen LogP contribution in [0.25, 0.3) is 0 Å². The van der Waals surface area contributed by atoms with Crippen molar-refractivity contribution in [3.63, 3.8) is 0 Å². The van der Waals surface area contributed by atoms with Crippen LogP contribution < -0.4 is 10.6 Å². The third kappa shape index (κ3) is 7.00. The van der Waals surface area contributed by atoms with Gasteiger partial charge in [-0.1, -0.05) is 20.8 Å². The Morgan fingerprint density at radius 2 is 1.64 bits per heavy atom. The third-order valence-electron chi connectivity index (χ3n) is 4.73. The second kappa shape index (κ2) is 7.70. The lowest BCUT2D eigenvalue weighted by Gasteiger charge is -2.41. The molecule has 0 atom stereocenters. The van der Waals surface area contributed by atoms with Crippen molar-refractivity contribution in [1.82, 2.24) is 10.6 Å². The Bertz CT molecular complexity index is 382. The molecular formula is C16H30N2O4. The zero-order valence-corrected chi connectivity index (χ0v) is 13.9. The fourth-order valence-corrected chi connectivity index (χ4v) is 3.14. The van der Waals surface area contributed by atoms with E-state index in [1.807, 2.05) is 0 Å². The van der Waals surface area contributed by atoms with Gasteiger partial charge in [-0.15, -0.1) is 0 Å². The van der Waals surface area contributed by atoms with Gasteiger partial charge in [-0.3, -0.25) is 0 Å². The van der Waals surface area contributed by atoms with Gasteiger partial charge in [-0.25, -0.2) is 9.59 Å². The summed E-state index contributed by atoms with van der Waals surface area (Å²) in [5.41, 5.74) is 0.253. The Morgan fingerprint density at radius 3 is 2.09 bits per heavy atom. The Balaban J connectivity index is 2.57. The van der Waals surface area contributed by atoms with E-state index in [2.05, 4.69) is 31.4 Å². The summed E-state index contributed by atoms with van der Waals surface area (Å²) in [5.74, 6) is 0.365. The molecule has 0 bridgehead atoms. The van der Waals surface area contributed by atoms with Gasteiger partial charge in [0.1, 0.15) is 0 Å². The summed E-state index contributed by atoms with van der Waals surface area (Å²) in [6.07, 6.45) is 3.94. The minimum atomic E-state index is -0.975. The first-order valence-electron chi connectivity index (χ1n) is 8.06. The van der Waals surface area contributed by atoms with Crippen LogP contribution in [-0.2, 0) is 0 Å². The van der Waals surface area contributed by atoms with Crippen molar-refractivity contribution in [2.45, 2.75) is 59.3 Å². The van der Waals surface area contributed by atoms with E-state index in [9.17, 15) is 9.59 Å². The lowest BCUT2D eigenvalue weighted by atomic mass is 9.66. The molecule has 0 radical (unpaired) electrons. The first-order valence-corrected chi connectivity index (χ1v) is 8.06. The Labute approximate surface area is 132 Å². The van der Waals surface area contributed by atoms with Crippen molar-refractivity contribution in [3.05, 3.63) is 0 Å². The fourth-order valence-electron chi connectivity index (χ4n) is 3.14. The quantitative estimate of drug-likeness (QED) is 0.603. The van der Waals surface area contributed by atoms with E-state index in [-0.39, 0.29) is 10.8 Å². The molecule has 1 aliphatic carbocycles. The molecule has 6 heteroatoms. The normalized spacial score (nSPS) is 25.5. The van der Waals surface area contributed by atoms with Gasteiger partial charge < -0.3 is 20.8 Å². The van der Waals surface area contributed by atoms with E-state index in [0.717, 1.165) is 38.5 Å². The van der Waals surface area contributed by atoms with Crippen LogP contribution >= 0.6 is 0 Å². The first-order chi connectivity index (χ1) is 10.1. The van der Waals surface area contributed by atoms with Crippen LogP contribution in [0.15, 0.2) is 0 Å². The molecule has 0 aromatic carbocycles. The van der Waals surface area contributed by atoms with Gasteiger partial charge in [0, 0.05) is 13.1 Å². The van der Waals surface area contributed by atoms with E-state index in [4.69, 9.17) is 10.2 Å². The zero-order chi connectivity index (χ0) is 16.8. The molecule has 0 aromatic heterocycles. The molecule has 128 valence electrons. The van der Waals surface area contributed by atoms with E-state index in [1.165, 1.54) is 0 Å². The molecule has 0 aliphatic heterocycles. The average molecular weight is 314 g/mol. The first kappa shape index (κ1) is 18.6. The summed E-state index contributed by atoms with van der Waals surface area (Å²) < 4.78 is 0. The maximum absolute atomic E-state index is 10.8. The smallest absolute Gasteiger partial charge is 0.404 e. The fraction of sp³-hybridized carbons (Fsp3) is 0.875. The summed E-state index contributed by atoms with van der Waals surface area (Å²) in [7, 11) is 0. The maximum Gasteiger partial charge on any atom is 0.404 e. The van der Waals surface area contributed by atoms with Crippen molar-refractivity contribution in [2.75, 3.05) is 13.1 Å². The second-order valence-corrected chi connectivity index (χ2v) is 7.85. The van der Waals surface area contributed by atoms with E-state index < -0.39 is 12.2 Å². The van der Waals surface area contributed by atoms with E-state index in [0.29, 0.717) is 19.0 Å². The lowest BCUT2D eigenvalue weighted by molar-refractivity contribution is 0.109. The third-order valence-corrected chi connectivity index (χ3v) is 4.73. The monoisotopic (exact) mass is 314 g/mol. The average Bonchev–Trinajstić information content (AvgIpc) is 2.41. The van der Waals surface area contributed by atoms with Gasteiger partial charge in [0.2, 0.25) is 0 Å². The van der Waals surface area contributed by atoms with Gasteiger partial charge in [-0.05, 0) is 55.3 Å².